The van der Waals surface area contributed by atoms with Crippen LogP contribution in [-0.4, -0.2) is 59.8 Å². The normalized spacial score (nSPS) is 26.0. The third-order valence-corrected chi connectivity index (χ3v) is 11.4. The van der Waals surface area contributed by atoms with E-state index in [2.05, 4.69) is 38.9 Å². The quantitative estimate of drug-likeness (QED) is 0.251. The fraction of sp³-hybridized carbons (Fsp3) is 0.472. The Morgan fingerprint density at radius 2 is 1.67 bits per heavy atom. The first-order valence-corrected chi connectivity index (χ1v) is 16.8. The number of fused-ring (bicyclic) bond motifs is 1. The highest BCUT2D eigenvalue weighted by molar-refractivity contribution is 6.33. The minimum Gasteiger partial charge on any atom is -0.495 e. The van der Waals surface area contributed by atoms with Crippen LogP contribution < -0.4 is 20.5 Å². The molecular formula is C36H41ClN6O2. The van der Waals surface area contributed by atoms with Crippen LogP contribution in [0.3, 0.4) is 0 Å². The van der Waals surface area contributed by atoms with Crippen molar-refractivity contribution in [2.75, 3.05) is 50.6 Å². The number of rotatable bonds is 6. The highest BCUT2D eigenvalue weighted by Crippen LogP contribution is 2.59. The Hall–Kier alpha value is -3.62. The summed E-state index contributed by atoms with van der Waals surface area (Å²) in [4.78, 5) is 29.5. The van der Waals surface area contributed by atoms with Gasteiger partial charge in [0.25, 0.3) is 5.56 Å². The highest BCUT2D eigenvalue weighted by atomic mass is 35.5. The van der Waals surface area contributed by atoms with Gasteiger partial charge in [0, 0.05) is 60.1 Å². The zero-order valence-electron chi connectivity index (χ0n) is 26.4. The molecule has 8 nitrogen and oxygen atoms in total. The van der Waals surface area contributed by atoms with Gasteiger partial charge >= 0.3 is 0 Å². The summed E-state index contributed by atoms with van der Waals surface area (Å²) in [6.45, 7) is 5.98. The van der Waals surface area contributed by atoms with Crippen molar-refractivity contribution in [3.05, 3.63) is 69.6 Å². The number of ether oxygens (including phenoxy) is 1. The van der Waals surface area contributed by atoms with E-state index >= 15 is 0 Å². The summed E-state index contributed by atoms with van der Waals surface area (Å²) in [5.74, 6) is 3.31. The molecule has 4 aliphatic carbocycles. The zero-order valence-corrected chi connectivity index (χ0v) is 27.1. The maximum absolute atomic E-state index is 14.8. The number of benzene rings is 2. The average molecular weight is 625 g/mol. The van der Waals surface area contributed by atoms with Gasteiger partial charge in [-0.25, -0.2) is 4.98 Å². The molecule has 0 radical (unpaired) electrons. The fourth-order valence-electron chi connectivity index (χ4n) is 9.32. The predicted molar refractivity (Wildman–Crippen MR) is 181 cm³/mol. The standard InChI is InChI=1S/C36H41ClN6O2/c1-22-28-21-38-35(39-26-8-9-30(31(17-26)45-3)42-12-10-41(2)11-13-42)40-33(28)43(34(44)32(22)27-6-4-5-7-29(27)37)36-18-23-14-24(19-36)16-25(15-23)20-36/h4-9,17,21,23-25H,10-16,18-20H2,1-3H3,(H,38,39,40). The number of likely N-dealkylation sites (N-methyl/N-ethyl adjacent to an activating group) is 1. The van der Waals surface area contributed by atoms with Gasteiger partial charge in [-0.15, -0.1) is 0 Å². The molecule has 2 aromatic carbocycles. The molecule has 4 aromatic rings. The molecule has 1 aliphatic heterocycles. The van der Waals surface area contributed by atoms with Gasteiger partial charge in [-0.2, -0.15) is 4.98 Å². The van der Waals surface area contributed by atoms with Gasteiger partial charge in [0.15, 0.2) is 0 Å². The Kier molecular flexibility index (Phi) is 7.06. The second-order valence-electron chi connectivity index (χ2n) is 14.0. The number of halogens is 1. The highest BCUT2D eigenvalue weighted by Gasteiger charge is 2.53. The van der Waals surface area contributed by atoms with E-state index in [4.69, 9.17) is 26.3 Å². The predicted octanol–water partition coefficient (Wildman–Crippen LogP) is 6.85. The number of pyridine rings is 1. The minimum absolute atomic E-state index is 0.0119. The van der Waals surface area contributed by atoms with E-state index in [9.17, 15) is 4.79 Å². The van der Waals surface area contributed by atoms with Gasteiger partial charge in [-0.3, -0.25) is 9.36 Å². The Morgan fingerprint density at radius 1 is 0.978 bits per heavy atom. The van der Waals surface area contributed by atoms with Crippen LogP contribution in [0.1, 0.15) is 44.1 Å². The van der Waals surface area contributed by atoms with Crippen molar-refractivity contribution in [2.24, 2.45) is 17.8 Å². The number of hydrogen-bond donors (Lipinski definition) is 1. The Balaban J connectivity index is 1.24. The first-order chi connectivity index (χ1) is 21.8. The summed E-state index contributed by atoms with van der Waals surface area (Å²) in [6, 6.07) is 13.9. The molecule has 0 spiro atoms. The maximum atomic E-state index is 14.8. The lowest BCUT2D eigenvalue weighted by Crippen LogP contribution is -2.55. The monoisotopic (exact) mass is 624 g/mol. The van der Waals surface area contributed by atoms with Crippen molar-refractivity contribution >= 4 is 40.0 Å². The van der Waals surface area contributed by atoms with Crippen LogP contribution in [-0.2, 0) is 5.54 Å². The lowest BCUT2D eigenvalue weighted by atomic mass is 9.53. The van der Waals surface area contributed by atoms with E-state index in [0.717, 1.165) is 79.1 Å². The van der Waals surface area contributed by atoms with Gasteiger partial charge in [0.1, 0.15) is 11.4 Å². The van der Waals surface area contributed by atoms with Crippen LogP contribution >= 0.6 is 11.6 Å². The summed E-state index contributed by atoms with van der Waals surface area (Å²) >= 11 is 6.73. The number of anilines is 3. The second-order valence-corrected chi connectivity index (χ2v) is 14.4. The topological polar surface area (TPSA) is 75.5 Å². The Bertz CT molecular complexity index is 1810. The molecule has 9 rings (SSSR count). The molecule has 9 heteroatoms. The lowest BCUT2D eigenvalue weighted by Gasteiger charge is -2.57. The van der Waals surface area contributed by atoms with Gasteiger partial charge < -0.3 is 19.9 Å². The van der Waals surface area contributed by atoms with Crippen LogP contribution in [0.4, 0.5) is 17.3 Å². The molecule has 2 aromatic heterocycles. The van der Waals surface area contributed by atoms with Crippen molar-refractivity contribution in [1.82, 2.24) is 19.4 Å². The Morgan fingerprint density at radius 3 is 2.33 bits per heavy atom. The molecular weight excluding hydrogens is 584 g/mol. The first-order valence-electron chi connectivity index (χ1n) is 16.4. The number of nitrogens with one attached hydrogen (secondary N) is 1. The lowest BCUT2D eigenvalue weighted by molar-refractivity contribution is -0.0426. The van der Waals surface area contributed by atoms with Crippen LogP contribution in [0.5, 0.6) is 5.75 Å². The van der Waals surface area contributed by atoms with Crippen molar-refractivity contribution < 1.29 is 4.74 Å². The number of aryl methyl sites for hydroxylation is 1. The average Bonchev–Trinajstić information content (AvgIpc) is 3.01. The van der Waals surface area contributed by atoms with Crippen molar-refractivity contribution in [3.8, 4) is 16.9 Å². The second kappa shape index (κ2) is 11.0. The van der Waals surface area contributed by atoms with Crippen molar-refractivity contribution in [3.63, 3.8) is 0 Å². The molecule has 0 atom stereocenters. The van der Waals surface area contributed by atoms with Gasteiger partial charge in [0.2, 0.25) is 5.95 Å². The minimum atomic E-state index is -0.229. The molecule has 5 fully saturated rings. The summed E-state index contributed by atoms with van der Waals surface area (Å²) in [5, 5.41) is 4.92. The number of methoxy groups -OCH3 is 1. The van der Waals surface area contributed by atoms with Crippen LogP contribution in [0.15, 0.2) is 53.5 Å². The third kappa shape index (κ3) is 4.88. The molecule has 3 heterocycles. The molecule has 4 bridgehead atoms. The summed E-state index contributed by atoms with van der Waals surface area (Å²) in [6.07, 6.45) is 8.88. The van der Waals surface area contributed by atoms with Crippen LogP contribution in [0.25, 0.3) is 22.2 Å². The molecule has 45 heavy (non-hydrogen) atoms. The van der Waals surface area contributed by atoms with E-state index < -0.39 is 0 Å². The van der Waals surface area contributed by atoms with E-state index in [-0.39, 0.29) is 11.1 Å². The van der Waals surface area contributed by atoms with E-state index in [1.807, 2.05) is 43.5 Å². The maximum Gasteiger partial charge on any atom is 0.260 e. The van der Waals surface area contributed by atoms with Crippen LogP contribution in [0, 0.1) is 24.7 Å². The number of nitrogens with zero attached hydrogens (tertiary/aromatic N) is 5. The number of piperazine rings is 1. The van der Waals surface area contributed by atoms with E-state index in [1.165, 1.54) is 19.3 Å². The molecule has 0 unspecified atom stereocenters. The SMILES string of the molecule is COc1cc(Nc2ncc3c(C)c(-c4ccccc4Cl)c(=O)n(C45CC6CC(CC(C6)C4)C5)c3n2)ccc1N1CCN(C)CC1. The van der Waals surface area contributed by atoms with Gasteiger partial charge in [-0.1, -0.05) is 29.8 Å². The van der Waals surface area contributed by atoms with Crippen LogP contribution in [0.2, 0.25) is 5.02 Å². The van der Waals surface area contributed by atoms with Gasteiger partial charge in [-0.05, 0) is 94.0 Å². The van der Waals surface area contributed by atoms with E-state index in [1.54, 1.807) is 7.11 Å². The fourth-order valence-corrected chi connectivity index (χ4v) is 9.55. The van der Waals surface area contributed by atoms with Gasteiger partial charge in [0.05, 0.1) is 23.9 Å². The molecule has 1 saturated heterocycles. The summed E-state index contributed by atoms with van der Waals surface area (Å²) in [7, 11) is 3.88. The Labute approximate surface area is 269 Å². The largest absolute Gasteiger partial charge is 0.495 e. The van der Waals surface area contributed by atoms with Crippen molar-refractivity contribution in [2.45, 2.75) is 51.0 Å². The molecule has 5 aliphatic rings. The number of aromatic nitrogens is 3. The summed E-state index contributed by atoms with van der Waals surface area (Å²) in [5.41, 5.74) is 4.74. The number of hydrogen-bond acceptors (Lipinski definition) is 7. The smallest absolute Gasteiger partial charge is 0.260 e. The molecule has 4 saturated carbocycles. The molecule has 1 N–H and O–H groups in total. The summed E-state index contributed by atoms with van der Waals surface area (Å²) < 4.78 is 7.92. The first kappa shape index (κ1) is 28.8. The molecule has 0 amide bonds. The zero-order chi connectivity index (χ0) is 30.9. The molecule has 234 valence electrons. The van der Waals surface area contributed by atoms with E-state index in [0.29, 0.717) is 39.9 Å². The third-order valence-electron chi connectivity index (χ3n) is 11.1. The van der Waals surface area contributed by atoms with Crippen molar-refractivity contribution in [1.29, 1.82) is 0 Å².